The number of likely N-dealkylation sites (N-methyl/N-ethyl adjacent to an activating group) is 2. The van der Waals surface area contributed by atoms with Crippen LogP contribution in [0.1, 0.15) is 18.1 Å². The van der Waals surface area contributed by atoms with Gasteiger partial charge in [-0.3, -0.25) is 0 Å². The van der Waals surface area contributed by atoms with Crippen molar-refractivity contribution in [3.63, 3.8) is 0 Å². The van der Waals surface area contributed by atoms with Crippen molar-refractivity contribution in [3.8, 4) is 5.75 Å². The highest BCUT2D eigenvalue weighted by Gasteiger charge is 2.25. The molecule has 1 saturated heterocycles. The predicted octanol–water partition coefficient (Wildman–Crippen LogP) is 1.50. The molecular formula is C15H23FN2O2. The summed E-state index contributed by atoms with van der Waals surface area (Å²) in [5, 5.41) is 10.3. The van der Waals surface area contributed by atoms with Crippen molar-refractivity contribution in [2.45, 2.75) is 18.6 Å². The van der Waals surface area contributed by atoms with E-state index in [2.05, 4.69) is 23.9 Å². The van der Waals surface area contributed by atoms with Gasteiger partial charge in [0.2, 0.25) is 0 Å². The van der Waals surface area contributed by atoms with E-state index < -0.39 is 11.9 Å². The quantitative estimate of drug-likeness (QED) is 0.908. The number of halogens is 1. The number of methoxy groups -OCH3 is 1. The Morgan fingerprint density at radius 3 is 2.80 bits per heavy atom. The third kappa shape index (κ3) is 3.48. The number of benzene rings is 1. The summed E-state index contributed by atoms with van der Waals surface area (Å²) >= 11 is 0. The minimum absolute atomic E-state index is 0.204. The molecule has 1 fully saturated rings. The number of hydrogen-bond donors (Lipinski definition) is 1. The molecule has 1 aromatic rings. The lowest BCUT2D eigenvalue weighted by atomic mass is 9.99. The molecule has 1 aliphatic heterocycles. The first-order valence-corrected chi connectivity index (χ1v) is 6.91. The van der Waals surface area contributed by atoms with Crippen molar-refractivity contribution in [1.29, 1.82) is 0 Å². The van der Waals surface area contributed by atoms with Crippen molar-refractivity contribution >= 4 is 0 Å². The van der Waals surface area contributed by atoms with Crippen LogP contribution in [0.2, 0.25) is 0 Å². The van der Waals surface area contributed by atoms with Gasteiger partial charge in [-0.2, -0.15) is 0 Å². The molecule has 112 valence electrons. The zero-order valence-corrected chi connectivity index (χ0v) is 12.3. The smallest absolute Gasteiger partial charge is 0.165 e. The summed E-state index contributed by atoms with van der Waals surface area (Å²) in [5.74, 6) is -0.228. The Bertz CT molecular complexity index is 455. The molecule has 1 N–H and O–H groups in total. The molecule has 2 unspecified atom stereocenters. The maximum absolute atomic E-state index is 13.7. The number of hydrogen-bond acceptors (Lipinski definition) is 4. The van der Waals surface area contributed by atoms with E-state index in [1.807, 2.05) is 0 Å². The minimum Gasteiger partial charge on any atom is -0.494 e. The predicted molar refractivity (Wildman–Crippen MR) is 76.4 cm³/mol. The van der Waals surface area contributed by atoms with E-state index >= 15 is 0 Å². The molecule has 0 saturated carbocycles. The zero-order valence-electron chi connectivity index (χ0n) is 12.3. The molecule has 0 amide bonds. The fraction of sp³-hybridized carbons (Fsp3) is 0.600. The fourth-order valence-electron chi connectivity index (χ4n) is 2.64. The molecular weight excluding hydrogens is 259 g/mol. The van der Waals surface area contributed by atoms with E-state index in [1.165, 1.54) is 13.2 Å². The molecule has 0 spiro atoms. The van der Waals surface area contributed by atoms with Gasteiger partial charge in [0.05, 0.1) is 13.2 Å². The van der Waals surface area contributed by atoms with Crippen LogP contribution in [0.3, 0.4) is 0 Å². The molecule has 0 radical (unpaired) electrons. The number of aliphatic hydroxyl groups is 1. The normalized spacial score (nSPS) is 22.8. The molecule has 1 heterocycles. The lowest BCUT2D eigenvalue weighted by Gasteiger charge is -2.38. The van der Waals surface area contributed by atoms with Gasteiger partial charge in [0.1, 0.15) is 0 Å². The SMILES string of the molecule is COc1ccc(C(O)CC2CN(C)CCN2C)cc1F. The summed E-state index contributed by atoms with van der Waals surface area (Å²) < 4.78 is 18.6. The number of ether oxygens (including phenoxy) is 1. The Morgan fingerprint density at radius 1 is 1.40 bits per heavy atom. The van der Waals surface area contributed by atoms with Crippen LogP contribution < -0.4 is 4.74 Å². The first kappa shape index (κ1) is 15.2. The highest BCUT2D eigenvalue weighted by atomic mass is 19.1. The third-order valence-electron chi connectivity index (χ3n) is 4.04. The van der Waals surface area contributed by atoms with E-state index in [0.717, 1.165) is 19.6 Å². The second-order valence-corrected chi connectivity index (χ2v) is 5.54. The average Bonchev–Trinajstić information content (AvgIpc) is 2.42. The van der Waals surface area contributed by atoms with E-state index in [0.29, 0.717) is 12.0 Å². The Labute approximate surface area is 119 Å². The van der Waals surface area contributed by atoms with Gasteiger partial charge >= 0.3 is 0 Å². The first-order chi connectivity index (χ1) is 9.51. The van der Waals surface area contributed by atoms with Crippen LogP contribution in [0.5, 0.6) is 5.75 Å². The van der Waals surface area contributed by atoms with Gasteiger partial charge in [0.25, 0.3) is 0 Å². The second-order valence-electron chi connectivity index (χ2n) is 5.54. The van der Waals surface area contributed by atoms with Crippen LogP contribution in [0.15, 0.2) is 18.2 Å². The summed E-state index contributed by atoms with van der Waals surface area (Å²) in [4.78, 5) is 4.51. The van der Waals surface area contributed by atoms with Gasteiger partial charge < -0.3 is 19.6 Å². The standard InChI is InChI=1S/C15H23FN2O2/c1-17-6-7-18(2)12(10-17)9-14(19)11-4-5-15(20-3)13(16)8-11/h4-5,8,12,14,19H,6-7,9-10H2,1-3H3. The van der Waals surface area contributed by atoms with Crippen LogP contribution in [-0.2, 0) is 0 Å². The number of piperazine rings is 1. The summed E-state index contributed by atoms with van der Waals surface area (Å²) in [5.41, 5.74) is 0.602. The number of aliphatic hydroxyl groups excluding tert-OH is 1. The molecule has 0 aliphatic carbocycles. The monoisotopic (exact) mass is 282 g/mol. The molecule has 5 heteroatoms. The summed E-state index contributed by atoms with van der Waals surface area (Å²) in [6.07, 6.45) is -0.0542. The third-order valence-corrected chi connectivity index (χ3v) is 4.04. The van der Waals surface area contributed by atoms with Crippen molar-refractivity contribution < 1.29 is 14.2 Å². The lowest BCUT2D eigenvalue weighted by molar-refractivity contribution is 0.0633. The Kier molecular flexibility index (Phi) is 4.96. The summed E-state index contributed by atoms with van der Waals surface area (Å²) in [6, 6.07) is 4.92. The highest BCUT2D eigenvalue weighted by Crippen LogP contribution is 2.26. The molecule has 0 aromatic heterocycles. The van der Waals surface area contributed by atoms with Crippen LogP contribution in [-0.4, -0.2) is 61.8 Å². The summed E-state index contributed by atoms with van der Waals surface area (Å²) in [6.45, 7) is 2.96. The largest absolute Gasteiger partial charge is 0.494 e. The number of rotatable bonds is 4. The minimum atomic E-state index is -0.658. The fourth-order valence-corrected chi connectivity index (χ4v) is 2.64. The molecule has 20 heavy (non-hydrogen) atoms. The van der Waals surface area contributed by atoms with Gasteiger partial charge in [0.15, 0.2) is 11.6 Å². The first-order valence-electron chi connectivity index (χ1n) is 6.91. The maximum Gasteiger partial charge on any atom is 0.165 e. The molecule has 1 aliphatic rings. The molecule has 1 aromatic carbocycles. The van der Waals surface area contributed by atoms with Crippen LogP contribution in [0, 0.1) is 5.82 Å². The van der Waals surface area contributed by atoms with Gasteiger partial charge in [0, 0.05) is 25.7 Å². The van der Waals surface area contributed by atoms with Crippen molar-refractivity contribution in [2.24, 2.45) is 0 Å². The molecule has 2 rings (SSSR count). The second kappa shape index (κ2) is 6.52. The zero-order chi connectivity index (χ0) is 14.7. The Balaban J connectivity index is 2.03. The molecule has 0 bridgehead atoms. The maximum atomic E-state index is 13.7. The summed E-state index contributed by atoms with van der Waals surface area (Å²) in [7, 11) is 5.58. The van der Waals surface area contributed by atoms with Crippen LogP contribution in [0.4, 0.5) is 4.39 Å². The Hall–Kier alpha value is -1.17. The molecule has 4 nitrogen and oxygen atoms in total. The van der Waals surface area contributed by atoms with E-state index in [4.69, 9.17) is 4.74 Å². The van der Waals surface area contributed by atoms with Crippen LogP contribution in [0.25, 0.3) is 0 Å². The van der Waals surface area contributed by atoms with Crippen molar-refractivity contribution in [2.75, 3.05) is 40.8 Å². The van der Waals surface area contributed by atoms with Crippen molar-refractivity contribution in [1.82, 2.24) is 9.80 Å². The van der Waals surface area contributed by atoms with Gasteiger partial charge in [-0.15, -0.1) is 0 Å². The van der Waals surface area contributed by atoms with Gasteiger partial charge in [-0.1, -0.05) is 6.07 Å². The van der Waals surface area contributed by atoms with Gasteiger partial charge in [-0.05, 0) is 38.2 Å². The Morgan fingerprint density at radius 2 is 2.15 bits per heavy atom. The van der Waals surface area contributed by atoms with E-state index in [9.17, 15) is 9.50 Å². The topological polar surface area (TPSA) is 35.9 Å². The number of nitrogens with zero attached hydrogens (tertiary/aromatic N) is 2. The lowest BCUT2D eigenvalue weighted by Crippen LogP contribution is -2.50. The average molecular weight is 282 g/mol. The highest BCUT2D eigenvalue weighted by molar-refractivity contribution is 5.30. The molecule has 2 atom stereocenters. The van der Waals surface area contributed by atoms with Crippen molar-refractivity contribution in [3.05, 3.63) is 29.6 Å². The van der Waals surface area contributed by atoms with Crippen LogP contribution >= 0.6 is 0 Å². The van der Waals surface area contributed by atoms with E-state index in [-0.39, 0.29) is 11.8 Å². The van der Waals surface area contributed by atoms with E-state index in [1.54, 1.807) is 12.1 Å². The van der Waals surface area contributed by atoms with Gasteiger partial charge in [-0.25, -0.2) is 4.39 Å².